The molecule has 33 heavy (non-hydrogen) atoms. The van der Waals surface area contributed by atoms with Crippen molar-refractivity contribution in [2.45, 2.75) is 32.5 Å². The van der Waals surface area contributed by atoms with E-state index in [1.807, 2.05) is 6.92 Å². The predicted octanol–water partition coefficient (Wildman–Crippen LogP) is 3.09. The van der Waals surface area contributed by atoms with Gasteiger partial charge in [0.1, 0.15) is 5.75 Å². The zero-order valence-electron chi connectivity index (χ0n) is 17.9. The molecule has 0 fully saturated rings. The van der Waals surface area contributed by atoms with Gasteiger partial charge in [0, 0.05) is 11.7 Å². The molecule has 2 aromatic rings. The molecule has 0 heterocycles. The van der Waals surface area contributed by atoms with Gasteiger partial charge in [-0.05, 0) is 61.4 Å². The Kier molecular flexibility index (Phi) is 8.96. The SMILES string of the molecule is CC[C@H](C)NC(=O)C(=O)N/N=C\c1ccc(OCC(=O)Nc2cccc(C(F)(F)F)c2)cc1. The number of amides is 3. The lowest BCUT2D eigenvalue weighted by atomic mass is 10.2. The van der Waals surface area contributed by atoms with Gasteiger partial charge in [-0.25, -0.2) is 5.43 Å². The highest BCUT2D eigenvalue weighted by molar-refractivity contribution is 6.35. The van der Waals surface area contributed by atoms with Crippen LogP contribution in [0.4, 0.5) is 18.9 Å². The van der Waals surface area contributed by atoms with Crippen LogP contribution in [0.25, 0.3) is 0 Å². The monoisotopic (exact) mass is 464 g/mol. The minimum atomic E-state index is -4.51. The Morgan fingerprint density at radius 1 is 1.09 bits per heavy atom. The maximum absolute atomic E-state index is 12.7. The number of halogens is 3. The molecule has 0 aliphatic rings. The molecule has 0 spiro atoms. The van der Waals surface area contributed by atoms with Crippen molar-refractivity contribution in [2.75, 3.05) is 11.9 Å². The lowest BCUT2D eigenvalue weighted by Crippen LogP contribution is -2.41. The number of benzene rings is 2. The van der Waals surface area contributed by atoms with Crippen molar-refractivity contribution in [2.24, 2.45) is 5.10 Å². The van der Waals surface area contributed by atoms with Crippen LogP contribution in [0, 0.1) is 0 Å². The fourth-order valence-electron chi connectivity index (χ4n) is 2.38. The van der Waals surface area contributed by atoms with Crippen molar-refractivity contribution in [3.05, 3.63) is 59.7 Å². The molecule has 3 N–H and O–H groups in total. The number of nitrogens with one attached hydrogen (secondary N) is 3. The van der Waals surface area contributed by atoms with Gasteiger partial charge in [0.25, 0.3) is 5.91 Å². The number of nitrogens with zero attached hydrogens (tertiary/aromatic N) is 1. The number of rotatable bonds is 8. The van der Waals surface area contributed by atoms with Crippen LogP contribution in [0.1, 0.15) is 31.4 Å². The summed E-state index contributed by atoms with van der Waals surface area (Å²) in [7, 11) is 0. The van der Waals surface area contributed by atoms with Gasteiger partial charge >= 0.3 is 18.0 Å². The van der Waals surface area contributed by atoms with E-state index in [2.05, 4.69) is 21.2 Å². The second-order valence-corrected chi connectivity index (χ2v) is 6.97. The molecule has 0 saturated carbocycles. The normalized spacial score (nSPS) is 12.2. The van der Waals surface area contributed by atoms with Crippen LogP contribution < -0.4 is 20.8 Å². The van der Waals surface area contributed by atoms with E-state index in [0.29, 0.717) is 17.7 Å². The quantitative estimate of drug-likeness (QED) is 0.317. The smallest absolute Gasteiger partial charge is 0.416 e. The van der Waals surface area contributed by atoms with Gasteiger partial charge in [-0.3, -0.25) is 14.4 Å². The number of ether oxygens (including phenoxy) is 1. The average molecular weight is 464 g/mol. The van der Waals surface area contributed by atoms with E-state index >= 15 is 0 Å². The lowest BCUT2D eigenvalue weighted by Gasteiger charge is -2.10. The zero-order valence-corrected chi connectivity index (χ0v) is 17.9. The summed E-state index contributed by atoms with van der Waals surface area (Å²) in [5, 5.41) is 8.55. The summed E-state index contributed by atoms with van der Waals surface area (Å²) >= 11 is 0. The van der Waals surface area contributed by atoms with Crippen LogP contribution in [-0.4, -0.2) is 36.6 Å². The second kappa shape index (κ2) is 11.7. The Morgan fingerprint density at radius 3 is 2.42 bits per heavy atom. The predicted molar refractivity (Wildman–Crippen MR) is 116 cm³/mol. The molecule has 0 aliphatic heterocycles. The molecule has 2 aromatic carbocycles. The molecule has 0 saturated heterocycles. The van der Waals surface area contributed by atoms with E-state index in [9.17, 15) is 27.6 Å². The molecule has 8 nitrogen and oxygen atoms in total. The van der Waals surface area contributed by atoms with E-state index in [1.54, 1.807) is 19.1 Å². The Morgan fingerprint density at radius 2 is 1.79 bits per heavy atom. The molecule has 0 radical (unpaired) electrons. The highest BCUT2D eigenvalue weighted by Crippen LogP contribution is 2.30. The summed E-state index contributed by atoms with van der Waals surface area (Å²) < 4.78 is 43.5. The lowest BCUT2D eigenvalue weighted by molar-refractivity contribution is -0.139. The van der Waals surface area contributed by atoms with Crippen LogP contribution in [0.5, 0.6) is 5.75 Å². The van der Waals surface area contributed by atoms with Crippen molar-refractivity contribution < 1.29 is 32.3 Å². The number of alkyl halides is 3. The van der Waals surface area contributed by atoms with E-state index < -0.39 is 36.1 Å². The van der Waals surface area contributed by atoms with Gasteiger partial charge in [0.2, 0.25) is 0 Å². The largest absolute Gasteiger partial charge is 0.484 e. The number of hydrogen-bond donors (Lipinski definition) is 3. The molecule has 0 bridgehead atoms. The molecular weight excluding hydrogens is 441 g/mol. The van der Waals surface area contributed by atoms with E-state index in [4.69, 9.17) is 4.74 Å². The van der Waals surface area contributed by atoms with Crippen molar-refractivity contribution in [1.29, 1.82) is 0 Å². The van der Waals surface area contributed by atoms with Gasteiger partial charge in [-0.1, -0.05) is 13.0 Å². The first-order valence-corrected chi connectivity index (χ1v) is 9.92. The van der Waals surface area contributed by atoms with Crippen molar-refractivity contribution >= 4 is 29.6 Å². The van der Waals surface area contributed by atoms with Gasteiger partial charge in [0.05, 0.1) is 11.8 Å². The Hall–Kier alpha value is -3.89. The minimum Gasteiger partial charge on any atom is -0.484 e. The summed E-state index contributed by atoms with van der Waals surface area (Å²) in [6, 6.07) is 10.4. The average Bonchev–Trinajstić information content (AvgIpc) is 2.78. The van der Waals surface area contributed by atoms with Gasteiger partial charge < -0.3 is 15.4 Å². The van der Waals surface area contributed by atoms with Crippen molar-refractivity contribution in [3.8, 4) is 5.75 Å². The first kappa shape index (κ1) is 25.4. The summed E-state index contributed by atoms with van der Waals surface area (Å²) in [5.74, 6) is -1.96. The maximum atomic E-state index is 12.7. The first-order valence-electron chi connectivity index (χ1n) is 9.92. The molecule has 3 amide bonds. The Bertz CT molecular complexity index is 1010. The van der Waals surface area contributed by atoms with Crippen LogP contribution in [0.2, 0.25) is 0 Å². The molecule has 11 heteroatoms. The summed E-state index contributed by atoms with van der Waals surface area (Å²) in [4.78, 5) is 35.2. The fourth-order valence-corrected chi connectivity index (χ4v) is 2.38. The van der Waals surface area contributed by atoms with Crippen LogP contribution in [0.15, 0.2) is 53.6 Å². The van der Waals surface area contributed by atoms with Crippen molar-refractivity contribution in [1.82, 2.24) is 10.7 Å². The van der Waals surface area contributed by atoms with Crippen LogP contribution in [-0.2, 0) is 20.6 Å². The molecule has 0 aliphatic carbocycles. The molecule has 0 aromatic heterocycles. The Labute approximate surface area is 188 Å². The number of carbonyl (C=O) groups is 3. The van der Waals surface area contributed by atoms with Crippen LogP contribution in [0.3, 0.4) is 0 Å². The standard InChI is InChI=1S/C22H23F3N4O4/c1-3-14(2)27-20(31)21(32)29-26-12-15-7-9-18(10-8-15)33-13-19(30)28-17-6-4-5-16(11-17)22(23,24)25/h4-12,14H,3,13H2,1-2H3,(H,27,31)(H,28,30)(H,29,32)/b26-12-/t14-/m0/s1. The molecular formula is C22H23F3N4O4. The zero-order chi connectivity index (χ0) is 24.4. The maximum Gasteiger partial charge on any atom is 0.416 e. The highest BCUT2D eigenvalue weighted by atomic mass is 19.4. The summed E-state index contributed by atoms with van der Waals surface area (Å²) in [5.41, 5.74) is 1.83. The highest BCUT2D eigenvalue weighted by Gasteiger charge is 2.30. The van der Waals surface area contributed by atoms with Gasteiger partial charge in [-0.15, -0.1) is 0 Å². The van der Waals surface area contributed by atoms with Crippen molar-refractivity contribution in [3.63, 3.8) is 0 Å². The second-order valence-electron chi connectivity index (χ2n) is 6.97. The Balaban J connectivity index is 1.81. The number of hydrogen-bond acceptors (Lipinski definition) is 5. The third-order valence-corrected chi connectivity index (χ3v) is 4.30. The molecule has 176 valence electrons. The minimum absolute atomic E-state index is 0.00450. The molecule has 2 rings (SSSR count). The first-order chi connectivity index (χ1) is 15.6. The molecule has 1 atom stereocenters. The fraction of sp³-hybridized carbons (Fsp3) is 0.273. The topological polar surface area (TPSA) is 109 Å². The molecule has 0 unspecified atom stereocenters. The third-order valence-electron chi connectivity index (χ3n) is 4.30. The number of anilines is 1. The summed E-state index contributed by atoms with van der Waals surface area (Å²) in [6.07, 6.45) is -2.51. The van der Waals surface area contributed by atoms with Crippen LogP contribution >= 0.6 is 0 Å². The van der Waals surface area contributed by atoms with E-state index in [1.165, 1.54) is 30.5 Å². The summed E-state index contributed by atoms with van der Waals surface area (Å²) in [6.45, 7) is 3.23. The number of hydrazone groups is 1. The van der Waals surface area contributed by atoms with Gasteiger partial charge in [-0.2, -0.15) is 18.3 Å². The third kappa shape index (κ3) is 8.63. The van der Waals surface area contributed by atoms with E-state index in [0.717, 1.165) is 12.1 Å². The van der Waals surface area contributed by atoms with E-state index in [-0.39, 0.29) is 11.7 Å². The number of carbonyl (C=O) groups excluding carboxylic acids is 3. The van der Waals surface area contributed by atoms with Gasteiger partial charge in [0.15, 0.2) is 6.61 Å².